The molecule has 5 aromatic rings. The lowest BCUT2D eigenvalue weighted by molar-refractivity contribution is 0.0261. The maximum atomic E-state index is 15.3. The lowest BCUT2D eigenvalue weighted by atomic mass is 9.94. The van der Waals surface area contributed by atoms with Crippen LogP contribution in [0.3, 0.4) is 0 Å². The number of aryl methyl sites for hydroxylation is 4. The van der Waals surface area contributed by atoms with Gasteiger partial charge in [-0.25, -0.2) is 9.20 Å². The Labute approximate surface area is 340 Å². The number of allylic oxidation sites excluding steroid dienone is 6. The van der Waals surface area contributed by atoms with Crippen LogP contribution in [-0.2, 0) is 20.3 Å². The van der Waals surface area contributed by atoms with Gasteiger partial charge in [0.05, 0.1) is 43.4 Å². The molecule has 5 heterocycles. The van der Waals surface area contributed by atoms with Crippen LogP contribution in [0.25, 0.3) is 22.3 Å². The van der Waals surface area contributed by atoms with Crippen molar-refractivity contribution in [2.45, 2.75) is 39.9 Å². The van der Waals surface area contributed by atoms with E-state index in [-0.39, 0.29) is 0 Å². The average molecular weight is 783 g/mol. The van der Waals surface area contributed by atoms with Crippen molar-refractivity contribution in [3.8, 4) is 0 Å². The van der Waals surface area contributed by atoms with Crippen LogP contribution >= 0.6 is 11.3 Å². The molecule has 0 radical (unpaired) electrons. The summed E-state index contributed by atoms with van der Waals surface area (Å²) < 4.78 is 30.2. The maximum Gasteiger partial charge on any atom is 0.131 e. The number of aliphatic imine (C=N–C) groups is 2. The minimum Gasteiger partial charge on any atom is -0.372 e. The number of ether oxygens (including phenoxy) is 2. The summed E-state index contributed by atoms with van der Waals surface area (Å²) in [5.41, 5.74) is 15.3. The average Bonchev–Trinajstić information content (AvgIpc) is 4.03. The maximum absolute atomic E-state index is 15.3. The van der Waals surface area contributed by atoms with Gasteiger partial charge in [0.1, 0.15) is 12.2 Å². The van der Waals surface area contributed by atoms with Crippen molar-refractivity contribution in [2.75, 3.05) is 14.2 Å². The molecule has 0 aliphatic carbocycles. The van der Waals surface area contributed by atoms with Gasteiger partial charge in [0.25, 0.3) is 0 Å². The Hall–Kier alpha value is -5.57. The fraction of sp³-hybridized carbons (Fsp3) is 0.160. The number of benzene rings is 4. The van der Waals surface area contributed by atoms with E-state index < -0.39 is 23.0 Å². The van der Waals surface area contributed by atoms with Gasteiger partial charge in [0, 0.05) is 45.6 Å². The first kappa shape index (κ1) is 37.0. The van der Waals surface area contributed by atoms with Gasteiger partial charge < -0.3 is 9.47 Å². The second-order valence-corrected chi connectivity index (χ2v) is 17.4. The normalized spacial score (nSPS) is 20.3. The minimum atomic E-state index is -1.61. The lowest BCUT2D eigenvalue weighted by Gasteiger charge is -2.22. The van der Waals surface area contributed by atoms with Crippen molar-refractivity contribution in [3.63, 3.8) is 0 Å². The molecule has 57 heavy (non-hydrogen) atoms. The molecule has 0 fully saturated rings. The van der Waals surface area contributed by atoms with E-state index in [1.165, 1.54) is 11.1 Å². The van der Waals surface area contributed by atoms with Crippen LogP contribution in [0.1, 0.15) is 44.5 Å². The van der Waals surface area contributed by atoms with E-state index in [2.05, 4.69) is 149 Å². The number of hydrogen-bond donors (Lipinski definition) is 0. The Bertz CT molecular complexity index is 2830. The molecule has 0 saturated carbocycles. The molecule has 3 atom stereocenters. The van der Waals surface area contributed by atoms with Gasteiger partial charge >= 0.3 is 0 Å². The first-order valence-electron chi connectivity index (χ1n) is 19.1. The van der Waals surface area contributed by atoms with Crippen molar-refractivity contribution >= 4 is 55.9 Å². The van der Waals surface area contributed by atoms with Crippen molar-refractivity contribution in [3.05, 3.63) is 208 Å². The SMILES string of the molecule is CO[C@@H]1C2=C(c3ccc(C)cc3)C3=CC=C(C(c4ccc(C)cc4)=C4C=CC(=N4)C(c4ccc(C)cc4)=c4ccc(s4)=C(c4ccc(C)cc4)C(=N2)[C@@H]1OC)S3=O. The molecule has 5 nitrogen and oxygen atoms in total. The van der Waals surface area contributed by atoms with Gasteiger partial charge in [-0.1, -0.05) is 119 Å². The largest absolute Gasteiger partial charge is 0.372 e. The van der Waals surface area contributed by atoms with E-state index >= 15 is 4.21 Å². The Balaban J connectivity index is 1.44. The first-order chi connectivity index (χ1) is 27.7. The highest BCUT2D eigenvalue weighted by Gasteiger charge is 2.42. The van der Waals surface area contributed by atoms with Crippen LogP contribution in [0, 0.1) is 27.7 Å². The van der Waals surface area contributed by atoms with Crippen molar-refractivity contribution in [1.29, 1.82) is 0 Å². The highest BCUT2D eigenvalue weighted by molar-refractivity contribution is 7.94. The Morgan fingerprint density at radius 1 is 0.509 bits per heavy atom. The molecule has 0 spiro atoms. The highest BCUT2D eigenvalue weighted by Crippen LogP contribution is 2.45. The number of thiophene rings is 1. The topological polar surface area (TPSA) is 60.3 Å². The van der Waals surface area contributed by atoms with Crippen molar-refractivity contribution in [1.82, 2.24) is 0 Å². The quantitative estimate of drug-likeness (QED) is 0.173. The van der Waals surface area contributed by atoms with Crippen LogP contribution in [0.15, 0.2) is 165 Å². The highest BCUT2D eigenvalue weighted by atomic mass is 32.2. The van der Waals surface area contributed by atoms with E-state index in [0.717, 1.165) is 81.9 Å². The van der Waals surface area contributed by atoms with Gasteiger partial charge in [-0.3, -0.25) is 4.99 Å². The monoisotopic (exact) mass is 782 g/mol. The molecule has 0 amide bonds. The van der Waals surface area contributed by atoms with Crippen molar-refractivity contribution < 1.29 is 13.7 Å². The van der Waals surface area contributed by atoms with Crippen LogP contribution < -0.4 is 9.06 Å². The zero-order chi connectivity index (χ0) is 39.4. The second kappa shape index (κ2) is 15.1. The first-order valence-corrected chi connectivity index (χ1v) is 21.1. The molecule has 0 N–H and O–H groups in total. The summed E-state index contributed by atoms with van der Waals surface area (Å²) in [7, 11) is 1.81. The molecule has 0 saturated heterocycles. The summed E-state index contributed by atoms with van der Waals surface area (Å²) in [5, 5.41) is 0. The van der Waals surface area contributed by atoms with Crippen LogP contribution in [0.2, 0.25) is 0 Å². The van der Waals surface area contributed by atoms with Gasteiger partial charge in [0.2, 0.25) is 0 Å². The standard InChI is InChI=1S/C50H42N2O3S2/c1-29-7-15-33(16-8-29)43-37-23-24-38(51-37)44(34-17-9-30(2)10-18-34)41-27-28-42(57(41)53)46(36-21-13-32(4)14-22-36)48-50(55-6)49(54-5)47(52-48)45(40-26-25-39(43)56-40)35-19-11-31(3)12-20-35/h7-28,49-50H,1-6H3/t49-,50+,57?/m0/s1. The third-order valence-electron chi connectivity index (χ3n) is 11.0. The second-order valence-electron chi connectivity index (χ2n) is 14.9. The fourth-order valence-electron chi connectivity index (χ4n) is 7.95. The number of rotatable bonds is 6. The van der Waals surface area contributed by atoms with Gasteiger partial charge in [-0.05, 0) is 86.4 Å². The molecular formula is C50H42N2O3S2. The molecular weight excluding hydrogens is 741 g/mol. The zero-order valence-corrected chi connectivity index (χ0v) is 34.4. The van der Waals surface area contributed by atoms with Gasteiger partial charge in [-0.15, -0.1) is 11.3 Å². The molecule has 282 valence electrons. The van der Waals surface area contributed by atoms with E-state index in [1.54, 1.807) is 25.6 Å². The summed E-state index contributed by atoms with van der Waals surface area (Å²) in [4.78, 5) is 12.3. The fourth-order valence-corrected chi connectivity index (χ4v) is 10.5. The zero-order valence-electron chi connectivity index (χ0n) is 32.8. The summed E-state index contributed by atoms with van der Waals surface area (Å²) in [6, 6.07) is 38.4. The van der Waals surface area contributed by atoms with E-state index in [0.29, 0.717) is 15.5 Å². The molecule has 4 aromatic carbocycles. The van der Waals surface area contributed by atoms with Crippen LogP contribution in [0.5, 0.6) is 0 Å². The predicted molar refractivity (Wildman–Crippen MR) is 237 cm³/mol. The number of nitrogens with zero attached hydrogens (tertiary/aromatic N) is 2. The molecule has 8 bridgehead atoms. The van der Waals surface area contributed by atoms with Crippen LogP contribution in [-0.4, -0.2) is 42.1 Å². The Morgan fingerprint density at radius 2 is 0.947 bits per heavy atom. The molecule has 4 aliphatic rings. The minimum absolute atomic E-state index is 0.542. The summed E-state index contributed by atoms with van der Waals surface area (Å²) in [5.74, 6) is 0. The smallest absolute Gasteiger partial charge is 0.131 e. The Morgan fingerprint density at radius 3 is 1.46 bits per heavy atom. The van der Waals surface area contributed by atoms with Gasteiger partial charge in [0.15, 0.2) is 0 Å². The lowest BCUT2D eigenvalue weighted by Crippen LogP contribution is -2.35. The van der Waals surface area contributed by atoms with E-state index in [1.807, 2.05) is 12.2 Å². The Kier molecular flexibility index (Phi) is 9.79. The third-order valence-corrected chi connectivity index (χ3v) is 13.6. The van der Waals surface area contributed by atoms with E-state index in [9.17, 15) is 0 Å². The third kappa shape index (κ3) is 6.64. The van der Waals surface area contributed by atoms with Crippen LogP contribution in [0.4, 0.5) is 0 Å². The summed E-state index contributed by atoms with van der Waals surface area (Å²) in [6.07, 6.45) is 7.04. The molecule has 1 unspecified atom stereocenters. The van der Waals surface area contributed by atoms with Gasteiger partial charge in [-0.2, -0.15) is 0 Å². The number of hydrogen-bond acceptors (Lipinski definition) is 6. The number of fused-ring (bicyclic) bond motifs is 6. The summed E-state index contributed by atoms with van der Waals surface area (Å²) >= 11 is 1.72. The predicted octanol–water partition coefficient (Wildman–Crippen LogP) is 9.24. The molecule has 7 heteroatoms. The number of methoxy groups -OCH3 is 2. The van der Waals surface area contributed by atoms with E-state index in [4.69, 9.17) is 19.5 Å². The molecule has 4 aliphatic heterocycles. The van der Waals surface area contributed by atoms with Crippen molar-refractivity contribution in [2.24, 2.45) is 9.98 Å². The molecule has 9 rings (SSSR count). The summed E-state index contributed by atoms with van der Waals surface area (Å²) in [6.45, 7) is 8.35. The molecule has 1 aromatic heterocycles.